The smallest absolute Gasteiger partial charge is 0.191 e. The average molecular weight is 533 g/mol. The quantitative estimate of drug-likeness (QED) is 0.321. The van der Waals surface area contributed by atoms with E-state index in [1.54, 1.807) is 7.05 Å². The lowest BCUT2D eigenvalue weighted by Gasteiger charge is -2.35. The summed E-state index contributed by atoms with van der Waals surface area (Å²) in [6.07, 6.45) is 2.59. The monoisotopic (exact) mass is 533 g/mol. The Balaban J connectivity index is 0.00000320. The third-order valence-corrected chi connectivity index (χ3v) is 6.02. The third kappa shape index (κ3) is 7.94. The minimum Gasteiger partial charge on any atom is -0.379 e. The highest BCUT2D eigenvalue weighted by Gasteiger charge is 2.23. The van der Waals surface area contributed by atoms with Crippen molar-refractivity contribution < 1.29 is 9.13 Å². The van der Waals surface area contributed by atoms with Gasteiger partial charge >= 0.3 is 0 Å². The van der Waals surface area contributed by atoms with Gasteiger partial charge in [-0.1, -0.05) is 19.1 Å². The number of guanidine groups is 1. The number of benzene rings is 1. The first kappa shape index (κ1) is 25.3. The first-order chi connectivity index (χ1) is 14.2. The van der Waals surface area contributed by atoms with Crippen LogP contribution in [0.1, 0.15) is 31.4 Å². The Bertz CT molecular complexity index is 631. The number of hydrogen-bond donors (Lipinski definition) is 2. The minimum atomic E-state index is -0.202. The Morgan fingerprint density at radius 3 is 2.43 bits per heavy atom. The number of morpholine rings is 1. The molecule has 1 aromatic rings. The number of nitrogens with one attached hydrogen (secondary N) is 2. The summed E-state index contributed by atoms with van der Waals surface area (Å²) < 4.78 is 18.9. The second-order valence-electron chi connectivity index (χ2n) is 8.12. The van der Waals surface area contributed by atoms with Gasteiger partial charge < -0.3 is 20.3 Å². The van der Waals surface area contributed by atoms with Gasteiger partial charge in [-0.3, -0.25) is 9.89 Å². The predicted molar refractivity (Wildman–Crippen MR) is 131 cm³/mol. The van der Waals surface area contributed by atoms with Gasteiger partial charge in [0.05, 0.1) is 19.3 Å². The predicted octanol–water partition coefficient (Wildman–Crippen LogP) is 2.71. The number of hydrogen-bond acceptors (Lipinski definition) is 4. The second kappa shape index (κ2) is 13.4. The van der Waals surface area contributed by atoms with Crippen LogP contribution in [-0.4, -0.2) is 81.8 Å². The highest BCUT2D eigenvalue weighted by atomic mass is 127. The summed E-state index contributed by atoms with van der Waals surface area (Å²) in [5.74, 6) is 1.47. The van der Waals surface area contributed by atoms with Gasteiger partial charge in [-0.25, -0.2) is 4.39 Å². The highest BCUT2D eigenvalue weighted by molar-refractivity contribution is 14.0. The van der Waals surface area contributed by atoms with Gasteiger partial charge in [0.2, 0.25) is 0 Å². The molecule has 0 bridgehead atoms. The van der Waals surface area contributed by atoms with Gasteiger partial charge in [0.25, 0.3) is 0 Å². The van der Waals surface area contributed by atoms with Gasteiger partial charge in [-0.05, 0) is 49.5 Å². The molecule has 2 aliphatic heterocycles. The number of piperidine rings is 1. The van der Waals surface area contributed by atoms with Crippen molar-refractivity contribution in [3.63, 3.8) is 0 Å². The summed E-state index contributed by atoms with van der Waals surface area (Å²) in [6.45, 7) is 10.6. The fourth-order valence-electron chi connectivity index (χ4n) is 4.06. The zero-order valence-corrected chi connectivity index (χ0v) is 20.6. The zero-order chi connectivity index (χ0) is 20.5. The van der Waals surface area contributed by atoms with Gasteiger partial charge in [0, 0.05) is 39.8 Å². The molecule has 6 nitrogen and oxygen atoms in total. The molecule has 2 fully saturated rings. The molecule has 1 unspecified atom stereocenters. The summed E-state index contributed by atoms with van der Waals surface area (Å²) in [6, 6.07) is 6.99. The van der Waals surface area contributed by atoms with Crippen molar-refractivity contribution in [1.82, 2.24) is 20.4 Å². The number of likely N-dealkylation sites (tertiary alicyclic amines) is 1. The van der Waals surface area contributed by atoms with Crippen LogP contribution in [0, 0.1) is 11.7 Å². The van der Waals surface area contributed by atoms with E-state index in [1.165, 1.54) is 38.1 Å². The summed E-state index contributed by atoms with van der Waals surface area (Å²) >= 11 is 0. The molecule has 0 amide bonds. The molecule has 0 aliphatic carbocycles. The Labute approximate surface area is 197 Å². The van der Waals surface area contributed by atoms with Crippen molar-refractivity contribution in [1.29, 1.82) is 0 Å². The van der Waals surface area contributed by atoms with Gasteiger partial charge in [-0.15, -0.1) is 24.0 Å². The van der Waals surface area contributed by atoms with Gasteiger partial charge in [0.1, 0.15) is 5.82 Å². The largest absolute Gasteiger partial charge is 0.379 e. The van der Waals surface area contributed by atoms with Crippen molar-refractivity contribution in [3.05, 3.63) is 35.6 Å². The topological polar surface area (TPSA) is 52.1 Å². The summed E-state index contributed by atoms with van der Waals surface area (Å²) in [7, 11) is 1.81. The van der Waals surface area contributed by atoms with Crippen molar-refractivity contribution in [2.45, 2.75) is 25.8 Å². The van der Waals surface area contributed by atoms with Crippen LogP contribution in [0.3, 0.4) is 0 Å². The Kier molecular flexibility index (Phi) is 11.3. The molecular weight excluding hydrogens is 496 g/mol. The molecule has 0 aromatic heterocycles. The molecule has 3 rings (SSSR count). The van der Waals surface area contributed by atoms with E-state index in [9.17, 15) is 4.39 Å². The SMILES string of the molecule is CN=C(NCCN1CCC(C)CC1)NCC(c1ccc(F)cc1)N1CCOCC1.I. The molecule has 2 heterocycles. The van der Waals surface area contributed by atoms with E-state index in [-0.39, 0.29) is 35.8 Å². The summed E-state index contributed by atoms with van der Waals surface area (Å²) in [5.41, 5.74) is 1.11. The number of aliphatic imine (C=N–C) groups is 1. The van der Waals surface area contributed by atoms with Crippen LogP contribution < -0.4 is 10.6 Å². The first-order valence-corrected chi connectivity index (χ1v) is 10.9. The van der Waals surface area contributed by atoms with Crippen molar-refractivity contribution >= 4 is 29.9 Å². The van der Waals surface area contributed by atoms with E-state index in [1.807, 2.05) is 12.1 Å². The molecule has 0 spiro atoms. The maximum atomic E-state index is 13.4. The molecule has 2 aliphatic rings. The maximum absolute atomic E-state index is 13.4. The summed E-state index contributed by atoms with van der Waals surface area (Å²) in [4.78, 5) is 9.30. The van der Waals surface area contributed by atoms with E-state index in [0.717, 1.165) is 56.8 Å². The molecule has 0 saturated carbocycles. The number of halogens is 2. The van der Waals surface area contributed by atoms with Crippen LogP contribution in [0.15, 0.2) is 29.3 Å². The maximum Gasteiger partial charge on any atom is 0.191 e. The number of ether oxygens (including phenoxy) is 1. The van der Waals surface area contributed by atoms with Gasteiger partial charge in [-0.2, -0.15) is 0 Å². The minimum absolute atomic E-state index is 0. The van der Waals surface area contributed by atoms with E-state index in [4.69, 9.17) is 4.74 Å². The van der Waals surface area contributed by atoms with E-state index in [0.29, 0.717) is 6.54 Å². The molecular formula is C22H37FIN5O. The van der Waals surface area contributed by atoms with Crippen molar-refractivity contribution in [2.75, 3.05) is 66.1 Å². The van der Waals surface area contributed by atoms with Crippen molar-refractivity contribution in [2.24, 2.45) is 10.9 Å². The van der Waals surface area contributed by atoms with Crippen LogP contribution in [0.2, 0.25) is 0 Å². The second-order valence-corrected chi connectivity index (χ2v) is 8.12. The van der Waals surface area contributed by atoms with Crippen LogP contribution in [0.4, 0.5) is 4.39 Å². The van der Waals surface area contributed by atoms with Crippen LogP contribution in [-0.2, 0) is 4.74 Å². The molecule has 170 valence electrons. The third-order valence-electron chi connectivity index (χ3n) is 6.02. The Morgan fingerprint density at radius 1 is 1.13 bits per heavy atom. The average Bonchev–Trinajstić information content (AvgIpc) is 2.76. The summed E-state index contributed by atoms with van der Waals surface area (Å²) in [5, 5.41) is 6.91. The van der Waals surface area contributed by atoms with Crippen LogP contribution in [0.5, 0.6) is 0 Å². The standard InChI is InChI=1S/C22H36FN5O.HI/c1-18-7-10-27(11-8-18)12-9-25-22(24-2)26-17-21(28-13-15-29-16-14-28)19-3-5-20(23)6-4-19;/h3-6,18,21H,7-17H2,1-2H3,(H2,24,25,26);1H. The highest BCUT2D eigenvalue weighted by Crippen LogP contribution is 2.21. The zero-order valence-electron chi connectivity index (χ0n) is 18.3. The fourth-order valence-corrected chi connectivity index (χ4v) is 4.06. The first-order valence-electron chi connectivity index (χ1n) is 10.9. The lowest BCUT2D eigenvalue weighted by molar-refractivity contribution is 0.0170. The normalized spacial score (nSPS) is 20.4. The Morgan fingerprint density at radius 2 is 1.80 bits per heavy atom. The molecule has 1 aromatic carbocycles. The molecule has 2 saturated heterocycles. The molecule has 0 radical (unpaired) electrons. The fraction of sp³-hybridized carbons (Fsp3) is 0.682. The molecule has 8 heteroatoms. The molecule has 1 atom stereocenters. The van der Waals surface area contributed by atoms with E-state index >= 15 is 0 Å². The van der Waals surface area contributed by atoms with Crippen molar-refractivity contribution in [3.8, 4) is 0 Å². The number of rotatable bonds is 7. The lowest BCUT2D eigenvalue weighted by Crippen LogP contribution is -2.47. The molecule has 30 heavy (non-hydrogen) atoms. The van der Waals surface area contributed by atoms with Gasteiger partial charge in [0.15, 0.2) is 5.96 Å². The molecule has 2 N–H and O–H groups in total. The lowest BCUT2D eigenvalue weighted by atomic mass is 9.99. The van der Waals surface area contributed by atoms with E-state index in [2.05, 4.69) is 32.3 Å². The van der Waals surface area contributed by atoms with Crippen LogP contribution >= 0.6 is 24.0 Å². The Hall–Kier alpha value is -0.970. The van der Waals surface area contributed by atoms with E-state index < -0.39 is 0 Å². The number of nitrogens with zero attached hydrogens (tertiary/aromatic N) is 3. The van der Waals surface area contributed by atoms with Crippen LogP contribution in [0.25, 0.3) is 0 Å².